The van der Waals surface area contributed by atoms with Crippen molar-refractivity contribution in [1.29, 1.82) is 0 Å². The molecule has 3 heterocycles. The highest BCUT2D eigenvalue weighted by molar-refractivity contribution is 9.10. The highest BCUT2D eigenvalue weighted by Gasteiger charge is 2.20. The number of rotatable bonds is 13. The SMILES string of the molecule is CCOCCN(C=O)CCN(CC)c1ccc(-c2nc3c(NC4CCN(C)CC4)c(Br)cnc3[nH]2)cc1. The molecule has 0 saturated carbocycles. The van der Waals surface area contributed by atoms with E-state index >= 15 is 0 Å². The Hall–Kier alpha value is -2.69. The average Bonchev–Trinajstić information content (AvgIpc) is 3.36. The van der Waals surface area contributed by atoms with Crippen LogP contribution in [0.15, 0.2) is 34.9 Å². The minimum Gasteiger partial charge on any atom is -0.380 e. The Balaban J connectivity index is 1.46. The van der Waals surface area contributed by atoms with Crippen LogP contribution in [0, 0.1) is 0 Å². The number of benzene rings is 1. The van der Waals surface area contributed by atoms with Crippen molar-refractivity contribution in [1.82, 2.24) is 24.8 Å². The predicted octanol–water partition coefficient (Wildman–Crippen LogP) is 4.21. The molecule has 10 heteroatoms. The third-order valence-corrected chi connectivity index (χ3v) is 7.56. The van der Waals surface area contributed by atoms with Crippen LogP contribution in [0.5, 0.6) is 0 Å². The van der Waals surface area contributed by atoms with Crippen LogP contribution in [0.4, 0.5) is 11.4 Å². The van der Waals surface area contributed by atoms with Crippen molar-refractivity contribution in [2.75, 3.05) is 69.7 Å². The van der Waals surface area contributed by atoms with Crippen LogP contribution in [0.1, 0.15) is 26.7 Å². The summed E-state index contributed by atoms with van der Waals surface area (Å²) >= 11 is 3.68. The Morgan fingerprint density at radius 3 is 2.62 bits per heavy atom. The lowest BCUT2D eigenvalue weighted by Crippen LogP contribution is -2.36. The maximum atomic E-state index is 11.4. The van der Waals surface area contributed by atoms with Gasteiger partial charge >= 0.3 is 0 Å². The summed E-state index contributed by atoms with van der Waals surface area (Å²) < 4.78 is 6.31. The monoisotopic (exact) mass is 571 g/mol. The summed E-state index contributed by atoms with van der Waals surface area (Å²) in [5.74, 6) is 0.796. The molecule has 0 atom stereocenters. The lowest BCUT2D eigenvalue weighted by molar-refractivity contribution is -0.118. The molecular formula is C27H38BrN7O2. The molecule has 200 valence electrons. The van der Waals surface area contributed by atoms with Gasteiger partial charge in [-0.05, 0) is 87.0 Å². The van der Waals surface area contributed by atoms with Crippen LogP contribution in [-0.2, 0) is 9.53 Å². The van der Waals surface area contributed by atoms with Crippen molar-refractivity contribution in [3.8, 4) is 11.4 Å². The van der Waals surface area contributed by atoms with Crippen molar-refractivity contribution >= 4 is 44.9 Å². The largest absolute Gasteiger partial charge is 0.380 e. The minimum atomic E-state index is 0.423. The minimum absolute atomic E-state index is 0.423. The quantitative estimate of drug-likeness (QED) is 0.234. The number of imidazole rings is 1. The number of carbonyl (C=O) groups excluding carboxylic acids is 1. The van der Waals surface area contributed by atoms with Crippen LogP contribution in [0.3, 0.4) is 0 Å². The molecule has 0 bridgehead atoms. The molecule has 0 radical (unpaired) electrons. The molecule has 2 aromatic heterocycles. The number of ether oxygens (including phenoxy) is 1. The molecule has 1 aromatic carbocycles. The van der Waals surface area contributed by atoms with Gasteiger partial charge in [-0.15, -0.1) is 0 Å². The van der Waals surface area contributed by atoms with E-state index < -0.39 is 0 Å². The molecule has 9 nitrogen and oxygen atoms in total. The number of fused-ring (bicyclic) bond motifs is 1. The summed E-state index contributed by atoms with van der Waals surface area (Å²) in [6, 6.07) is 8.81. The number of likely N-dealkylation sites (tertiary alicyclic amines) is 1. The number of halogens is 1. The predicted molar refractivity (Wildman–Crippen MR) is 153 cm³/mol. The van der Waals surface area contributed by atoms with Gasteiger partial charge in [-0.25, -0.2) is 9.97 Å². The molecule has 3 aromatic rings. The molecule has 1 saturated heterocycles. The molecule has 0 spiro atoms. The van der Waals surface area contributed by atoms with E-state index in [1.807, 2.05) is 13.1 Å². The Bertz CT molecular complexity index is 1150. The highest BCUT2D eigenvalue weighted by Crippen LogP contribution is 2.32. The maximum absolute atomic E-state index is 11.4. The first-order chi connectivity index (χ1) is 18.0. The molecule has 0 unspecified atom stereocenters. The normalized spacial score (nSPS) is 14.7. The fourth-order valence-corrected chi connectivity index (χ4v) is 5.06. The van der Waals surface area contributed by atoms with E-state index in [9.17, 15) is 4.79 Å². The van der Waals surface area contributed by atoms with Crippen molar-refractivity contribution in [3.63, 3.8) is 0 Å². The molecular weight excluding hydrogens is 534 g/mol. The number of aromatic amines is 1. The van der Waals surface area contributed by atoms with Crippen LogP contribution >= 0.6 is 15.9 Å². The Morgan fingerprint density at radius 1 is 1.19 bits per heavy atom. The van der Waals surface area contributed by atoms with Gasteiger partial charge < -0.3 is 29.7 Å². The molecule has 37 heavy (non-hydrogen) atoms. The third kappa shape index (κ3) is 7.00. The van der Waals surface area contributed by atoms with Gasteiger partial charge in [0.05, 0.1) is 16.8 Å². The van der Waals surface area contributed by atoms with Crippen molar-refractivity contribution in [2.24, 2.45) is 0 Å². The van der Waals surface area contributed by atoms with Gasteiger partial charge in [0.1, 0.15) is 11.3 Å². The summed E-state index contributed by atoms with van der Waals surface area (Å²) in [5.41, 5.74) is 4.74. The van der Waals surface area contributed by atoms with Crippen LogP contribution in [0.25, 0.3) is 22.6 Å². The number of amides is 1. The zero-order chi connectivity index (χ0) is 26.2. The average molecular weight is 573 g/mol. The number of nitrogens with zero attached hydrogens (tertiary/aromatic N) is 5. The van der Waals surface area contributed by atoms with E-state index in [1.165, 1.54) is 0 Å². The van der Waals surface area contributed by atoms with E-state index in [2.05, 4.69) is 79.3 Å². The second-order valence-corrected chi connectivity index (χ2v) is 10.3. The number of hydrogen-bond donors (Lipinski definition) is 2. The lowest BCUT2D eigenvalue weighted by atomic mass is 10.1. The van der Waals surface area contributed by atoms with Gasteiger partial charge in [0.2, 0.25) is 6.41 Å². The zero-order valence-corrected chi connectivity index (χ0v) is 23.6. The van der Waals surface area contributed by atoms with Crippen LogP contribution in [0.2, 0.25) is 0 Å². The van der Waals surface area contributed by atoms with Crippen molar-refractivity contribution in [2.45, 2.75) is 32.7 Å². The number of hydrogen-bond acceptors (Lipinski definition) is 7. The van der Waals surface area contributed by atoms with E-state index in [4.69, 9.17) is 9.72 Å². The smallest absolute Gasteiger partial charge is 0.209 e. The molecule has 1 aliphatic heterocycles. The van der Waals surface area contributed by atoms with Gasteiger partial charge in [-0.1, -0.05) is 0 Å². The van der Waals surface area contributed by atoms with Crippen LogP contribution in [-0.4, -0.2) is 96.7 Å². The first kappa shape index (κ1) is 27.3. The first-order valence-corrected chi connectivity index (χ1v) is 13.9. The Labute approximate surface area is 227 Å². The van der Waals surface area contributed by atoms with E-state index in [1.54, 1.807) is 4.90 Å². The molecule has 1 aliphatic rings. The number of nitrogens with one attached hydrogen (secondary N) is 2. The van der Waals surface area contributed by atoms with Gasteiger partial charge in [0, 0.05) is 56.3 Å². The van der Waals surface area contributed by atoms with E-state index in [-0.39, 0.29) is 0 Å². The molecule has 1 amide bonds. The van der Waals surface area contributed by atoms with E-state index in [0.29, 0.717) is 32.3 Å². The number of H-pyrrole nitrogens is 1. The standard InChI is InChI=1S/C27H38BrN7O2/c1-4-35(15-14-34(19-36)16-17-37-5-2)22-8-6-20(7-9-22)26-31-25-24(23(28)18-29-27(25)32-26)30-21-10-12-33(3)13-11-21/h6-9,18-19,21H,4-5,10-17H2,1-3H3,(H2,29,30,31,32). The fourth-order valence-electron chi connectivity index (χ4n) is 4.65. The van der Waals surface area contributed by atoms with Crippen LogP contribution < -0.4 is 10.2 Å². The number of aromatic nitrogens is 3. The van der Waals surface area contributed by atoms with Crippen molar-refractivity contribution in [3.05, 3.63) is 34.9 Å². The molecule has 1 fully saturated rings. The number of likely N-dealkylation sites (N-methyl/N-ethyl adjacent to an activating group) is 1. The topological polar surface area (TPSA) is 89.6 Å². The van der Waals surface area contributed by atoms with Crippen molar-refractivity contribution < 1.29 is 9.53 Å². The molecule has 4 rings (SSSR count). The molecule has 0 aliphatic carbocycles. The zero-order valence-electron chi connectivity index (χ0n) is 22.0. The highest BCUT2D eigenvalue weighted by atomic mass is 79.9. The summed E-state index contributed by atoms with van der Waals surface area (Å²) in [5, 5.41) is 3.71. The Morgan fingerprint density at radius 2 is 1.95 bits per heavy atom. The number of piperidine rings is 1. The van der Waals surface area contributed by atoms with E-state index in [0.717, 1.165) is 83.8 Å². The summed E-state index contributed by atoms with van der Waals surface area (Å²) in [7, 11) is 2.17. The lowest BCUT2D eigenvalue weighted by Gasteiger charge is -2.30. The second kappa shape index (κ2) is 13.2. The fraction of sp³-hybridized carbons (Fsp3) is 0.519. The maximum Gasteiger partial charge on any atom is 0.209 e. The summed E-state index contributed by atoms with van der Waals surface area (Å²) in [4.78, 5) is 30.7. The first-order valence-electron chi connectivity index (χ1n) is 13.1. The van der Waals surface area contributed by atoms with Gasteiger partial charge in [0.15, 0.2) is 5.65 Å². The second-order valence-electron chi connectivity index (χ2n) is 9.45. The number of pyridine rings is 1. The number of carbonyl (C=O) groups is 1. The van der Waals surface area contributed by atoms with Gasteiger partial charge in [0.25, 0.3) is 0 Å². The van der Waals surface area contributed by atoms with Gasteiger partial charge in [-0.2, -0.15) is 0 Å². The Kier molecular flexibility index (Phi) is 9.76. The molecule has 2 N–H and O–H groups in total. The summed E-state index contributed by atoms with van der Waals surface area (Å²) in [6.07, 6.45) is 4.95. The third-order valence-electron chi connectivity index (χ3n) is 6.96. The number of anilines is 2. The van der Waals surface area contributed by atoms with Gasteiger partial charge in [-0.3, -0.25) is 4.79 Å². The summed E-state index contributed by atoms with van der Waals surface area (Å²) in [6.45, 7) is 10.4.